The van der Waals surface area contributed by atoms with E-state index in [9.17, 15) is 0 Å². The molecule has 15 aromatic carbocycles. The Labute approximate surface area is 477 Å². The van der Waals surface area contributed by atoms with Crippen LogP contribution in [0.5, 0.6) is 0 Å². The molecule has 0 aliphatic rings. The van der Waals surface area contributed by atoms with Crippen LogP contribution in [0.2, 0.25) is 0 Å². The lowest BCUT2D eigenvalue weighted by Gasteiger charge is -2.30. The van der Waals surface area contributed by atoms with Gasteiger partial charge >= 0.3 is 0 Å². The minimum absolute atomic E-state index is 1.07. The van der Waals surface area contributed by atoms with Crippen LogP contribution in [-0.2, 0) is 0 Å². The topological polar surface area (TPSA) is 13.0 Å². The zero-order chi connectivity index (χ0) is 54.3. The molecule has 0 spiro atoms. The number of benzene rings is 15. The zero-order valence-corrected chi connectivity index (χ0v) is 45.0. The Kier molecular flexibility index (Phi) is 12.2. The summed E-state index contributed by atoms with van der Waals surface area (Å²) >= 11 is 0. The van der Waals surface area contributed by atoms with Gasteiger partial charge in [-0.2, -0.15) is 0 Å². The molecule has 0 bridgehead atoms. The molecule has 386 valence electrons. The second-order valence-corrected chi connectivity index (χ2v) is 20.9. The normalized spacial score (nSPS) is 11.4. The van der Waals surface area contributed by atoms with E-state index in [2.05, 4.69) is 347 Å². The van der Waals surface area contributed by atoms with Crippen molar-refractivity contribution in [2.45, 2.75) is 0 Å². The highest BCUT2D eigenvalue weighted by Gasteiger charge is 2.22. The summed E-state index contributed by atoms with van der Waals surface area (Å²) in [5.74, 6) is 0. The van der Waals surface area contributed by atoms with Crippen molar-refractivity contribution in [3.8, 4) is 0 Å². The summed E-state index contributed by atoms with van der Waals surface area (Å²) < 4.78 is 0. The summed E-state index contributed by atoms with van der Waals surface area (Å²) in [6, 6.07) is 119. The second kappa shape index (κ2) is 20.7. The van der Waals surface area contributed by atoms with Crippen LogP contribution < -0.4 is 19.6 Å². The van der Waals surface area contributed by atoms with Crippen LogP contribution in [0.25, 0.3) is 64.6 Å². The maximum atomic E-state index is 2.41. The molecule has 0 aromatic heterocycles. The van der Waals surface area contributed by atoms with Gasteiger partial charge in [0.15, 0.2) is 0 Å². The molecule has 15 aromatic rings. The quantitative estimate of drug-likeness (QED) is 0.113. The van der Waals surface area contributed by atoms with Crippen molar-refractivity contribution in [2.75, 3.05) is 19.6 Å². The molecule has 0 radical (unpaired) electrons. The van der Waals surface area contributed by atoms with Gasteiger partial charge in [-0.1, -0.05) is 206 Å². The Balaban J connectivity index is 0.827. The van der Waals surface area contributed by atoms with Gasteiger partial charge in [0.05, 0.1) is 22.7 Å². The van der Waals surface area contributed by atoms with Crippen LogP contribution in [0.3, 0.4) is 0 Å². The molecule has 0 fully saturated rings. The first-order chi connectivity index (χ1) is 40.7. The molecular weight excluding hydrogens is 993 g/mol. The van der Waals surface area contributed by atoms with Gasteiger partial charge in [0, 0.05) is 67.0 Å². The van der Waals surface area contributed by atoms with E-state index >= 15 is 0 Å². The Bertz CT molecular complexity index is 4500. The number of fused-ring (bicyclic) bond motifs is 7. The van der Waals surface area contributed by atoms with Crippen molar-refractivity contribution >= 4 is 133 Å². The number of rotatable bonds is 12. The van der Waals surface area contributed by atoms with Gasteiger partial charge in [-0.3, -0.25) is 0 Å². The lowest BCUT2D eigenvalue weighted by atomic mass is 9.99. The summed E-state index contributed by atoms with van der Waals surface area (Å²) in [7, 11) is 0. The number of anilines is 12. The minimum Gasteiger partial charge on any atom is -0.310 e. The third kappa shape index (κ3) is 8.67. The minimum atomic E-state index is 1.07. The van der Waals surface area contributed by atoms with E-state index in [4.69, 9.17) is 0 Å². The molecule has 0 N–H and O–H groups in total. The van der Waals surface area contributed by atoms with Crippen LogP contribution in [0, 0.1) is 0 Å². The van der Waals surface area contributed by atoms with E-state index in [1.807, 2.05) is 0 Å². The monoisotopic (exact) mass is 1050 g/mol. The lowest BCUT2D eigenvalue weighted by Crippen LogP contribution is -2.13. The molecule has 4 heteroatoms. The zero-order valence-electron chi connectivity index (χ0n) is 45.0. The van der Waals surface area contributed by atoms with Crippen LogP contribution in [0.4, 0.5) is 68.2 Å². The summed E-state index contributed by atoms with van der Waals surface area (Å²) in [5, 5.41) is 14.3. The molecule has 0 saturated carbocycles. The van der Waals surface area contributed by atoms with Gasteiger partial charge in [0.1, 0.15) is 0 Å². The van der Waals surface area contributed by atoms with E-state index in [0.717, 1.165) is 68.2 Å². The Hall–Kier alpha value is -10.9. The lowest BCUT2D eigenvalue weighted by molar-refractivity contribution is 1.27. The smallest absolute Gasteiger partial charge is 0.0540 e. The van der Waals surface area contributed by atoms with E-state index in [1.54, 1.807) is 0 Å². The number of hydrogen-bond acceptors (Lipinski definition) is 4. The van der Waals surface area contributed by atoms with Gasteiger partial charge in [-0.25, -0.2) is 0 Å². The summed E-state index contributed by atoms with van der Waals surface area (Å²) in [6.45, 7) is 0. The first-order valence-electron chi connectivity index (χ1n) is 28.1. The van der Waals surface area contributed by atoms with Gasteiger partial charge in [0.25, 0.3) is 0 Å². The number of para-hydroxylation sites is 2. The largest absolute Gasteiger partial charge is 0.310 e. The van der Waals surface area contributed by atoms with Gasteiger partial charge in [-0.05, 0) is 164 Å². The van der Waals surface area contributed by atoms with Crippen molar-refractivity contribution in [3.05, 3.63) is 328 Å². The molecule has 0 aliphatic carbocycles. The van der Waals surface area contributed by atoms with Crippen molar-refractivity contribution < 1.29 is 0 Å². The van der Waals surface area contributed by atoms with Crippen LogP contribution in [0.15, 0.2) is 328 Å². The predicted octanol–water partition coefficient (Wildman–Crippen LogP) is 22.5. The first kappa shape index (κ1) is 48.2. The maximum Gasteiger partial charge on any atom is 0.0540 e. The van der Waals surface area contributed by atoms with Crippen molar-refractivity contribution in [1.29, 1.82) is 0 Å². The standard InChI is InChI=1S/C78H54N4/c1-3-27-61(28-4-1)79(75-35-15-23-55-19-7-11-31-71(55)75)63-41-45-65(46-42-63)81(77-37-17-25-57-21-9-13-33-73(57)77)67-49-51-69-59(53-67)39-40-60-54-68(50-52-70(60)69)82(78-38-18-26-58-22-10-14-34-74(58)78)66-47-43-64(44-48-66)80(62-29-5-2-6-30-62)76-36-16-24-56-20-8-12-32-72(56)76/h1-54H. The Morgan fingerprint density at radius 2 is 0.366 bits per heavy atom. The Morgan fingerprint density at radius 3 is 0.671 bits per heavy atom. The van der Waals surface area contributed by atoms with E-state index in [-0.39, 0.29) is 0 Å². The third-order valence-electron chi connectivity index (χ3n) is 16.1. The predicted molar refractivity (Wildman–Crippen MR) is 350 cm³/mol. The summed E-state index contributed by atoms with van der Waals surface area (Å²) in [5.41, 5.74) is 13.2. The highest BCUT2D eigenvalue weighted by molar-refractivity contribution is 6.11. The van der Waals surface area contributed by atoms with Gasteiger partial charge in [0.2, 0.25) is 0 Å². The average molecular weight is 1050 g/mol. The molecule has 0 amide bonds. The van der Waals surface area contributed by atoms with Crippen molar-refractivity contribution in [2.24, 2.45) is 0 Å². The van der Waals surface area contributed by atoms with Gasteiger partial charge < -0.3 is 19.6 Å². The third-order valence-corrected chi connectivity index (χ3v) is 16.1. The second-order valence-electron chi connectivity index (χ2n) is 20.9. The molecule has 4 nitrogen and oxygen atoms in total. The SMILES string of the molecule is c1ccc(N(c2ccc(N(c3ccc4c(ccc5cc(N(c6ccc(N(c7ccccc7)c7cccc8ccccc78)cc6)c6cccc7ccccc67)ccc54)c3)c3cccc4ccccc34)cc2)c2cccc3ccccc23)cc1. The molecule has 0 saturated heterocycles. The van der Waals surface area contributed by atoms with Crippen LogP contribution in [0.1, 0.15) is 0 Å². The summed E-state index contributed by atoms with van der Waals surface area (Å²) in [4.78, 5) is 9.56. The highest BCUT2D eigenvalue weighted by atomic mass is 15.2. The van der Waals surface area contributed by atoms with Crippen LogP contribution in [-0.4, -0.2) is 0 Å². The van der Waals surface area contributed by atoms with Gasteiger partial charge in [-0.15, -0.1) is 0 Å². The fourth-order valence-electron chi connectivity index (χ4n) is 12.3. The van der Waals surface area contributed by atoms with Crippen LogP contribution >= 0.6 is 0 Å². The molecule has 0 atom stereocenters. The number of nitrogens with zero attached hydrogens (tertiary/aromatic N) is 4. The molecule has 0 aliphatic heterocycles. The van der Waals surface area contributed by atoms with Crippen molar-refractivity contribution in [3.63, 3.8) is 0 Å². The molecular formula is C78H54N4. The average Bonchev–Trinajstić information content (AvgIpc) is 3.55. The summed E-state index contributed by atoms with van der Waals surface area (Å²) in [6.07, 6.45) is 0. The first-order valence-corrected chi connectivity index (χ1v) is 28.1. The van der Waals surface area contributed by atoms with Crippen molar-refractivity contribution in [1.82, 2.24) is 0 Å². The Morgan fingerprint density at radius 1 is 0.134 bits per heavy atom. The molecule has 15 rings (SSSR count). The molecule has 0 unspecified atom stereocenters. The molecule has 82 heavy (non-hydrogen) atoms. The van der Waals surface area contributed by atoms with E-state index in [0.29, 0.717) is 0 Å². The fraction of sp³-hybridized carbons (Fsp3) is 0. The van der Waals surface area contributed by atoms with E-state index in [1.165, 1.54) is 64.6 Å². The fourth-order valence-corrected chi connectivity index (χ4v) is 12.3. The number of hydrogen-bond donors (Lipinski definition) is 0. The molecule has 0 heterocycles. The highest BCUT2D eigenvalue weighted by Crippen LogP contribution is 2.47. The van der Waals surface area contributed by atoms with E-state index < -0.39 is 0 Å². The maximum absolute atomic E-state index is 2.41.